The van der Waals surface area contributed by atoms with Gasteiger partial charge < -0.3 is 10.4 Å². The second kappa shape index (κ2) is 8.30. The number of hydrogen-bond donors (Lipinski definition) is 2. The fourth-order valence-corrected chi connectivity index (χ4v) is 3.46. The van der Waals surface area contributed by atoms with Gasteiger partial charge in [0.25, 0.3) is 0 Å². The van der Waals surface area contributed by atoms with Gasteiger partial charge in [-0.3, -0.25) is 14.6 Å². The Hall–Kier alpha value is -0.860. The van der Waals surface area contributed by atoms with Gasteiger partial charge in [-0.15, -0.1) is 0 Å². The van der Waals surface area contributed by atoms with Crippen LogP contribution in [0.5, 0.6) is 0 Å². The van der Waals surface area contributed by atoms with Gasteiger partial charge in [-0.1, -0.05) is 12.8 Å². The summed E-state index contributed by atoms with van der Waals surface area (Å²) in [6.07, 6.45) is -2.43. The number of carbonyl (C=O) groups excluding carboxylic acids is 1. The Morgan fingerprint density at radius 1 is 1.09 bits per heavy atom. The molecule has 1 saturated carbocycles. The Labute approximate surface area is 134 Å². The van der Waals surface area contributed by atoms with Crippen molar-refractivity contribution >= 4 is 5.91 Å². The van der Waals surface area contributed by atoms with Crippen LogP contribution in [-0.4, -0.2) is 78.9 Å². The van der Waals surface area contributed by atoms with Gasteiger partial charge in [-0.25, -0.2) is 0 Å². The molecule has 134 valence electrons. The number of β-amino-alcohol motifs (C(OH)–C–C–N with tert-alkyl or cyclic N) is 1. The maximum absolute atomic E-state index is 13.0. The van der Waals surface area contributed by atoms with Gasteiger partial charge in [0.1, 0.15) is 0 Å². The highest BCUT2D eigenvalue weighted by Gasteiger charge is 2.45. The number of nitrogens with zero attached hydrogens (tertiary/aromatic N) is 2. The number of alkyl halides is 3. The van der Waals surface area contributed by atoms with Crippen LogP contribution < -0.4 is 5.32 Å². The molecule has 2 aliphatic rings. The molecule has 0 aromatic rings. The number of halogens is 3. The third-order valence-electron chi connectivity index (χ3n) is 4.78. The van der Waals surface area contributed by atoms with E-state index in [9.17, 15) is 18.0 Å². The zero-order chi connectivity index (χ0) is 16.9. The molecule has 2 atom stereocenters. The molecule has 0 aromatic heterocycles. The smallest absolute Gasteiger partial charge is 0.393 e. The molecule has 0 spiro atoms. The van der Waals surface area contributed by atoms with E-state index >= 15 is 0 Å². The van der Waals surface area contributed by atoms with Crippen LogP contribution in [0.3, 0.4) is 0 Å². The number of aliphatic hydroxyl groups excluding tert-OH is 1. The lowest BCUT2D eigenvalue weighted by atomic mass is 9.84. The largest absolute Gasteiger partial charge is 0.395 e. The summed E-state index contributed by atoms with van der Waals surface area (Å²) in [5.41, 5.74) is 0. The van der Waals surface area contributed by atoms with Gasteiger partial charge in [-0.2, -0.15) is 13.2 Å². The minimum Gasteiger partial charge on any atom is -0.395 e. The van der Waals surface area contributed by atoms with Crippen LogP contribution >= 0.6 is 0 Å². The predicted molar refractivity (Wildman–Crippen MR) is 79.9 cm³/mol. The van der Waals surface area contributed by atoms with E-state index < -0.39 is 18.1 Å². The molecule has 1 aliphatic carbocycles. The molecule has 2 N–H and O–H groups in total. The summed E-state index contributed by atoms with van der Waals surface area (Å²) < 4.78 is 39.1. The van der Waals surface area contributed by atoms with Crippen LogP contribution in [0.2, 0.25) is 0 Å². The first-order chi connectivity index (χ1) is 10.9. The van der Waals surface area contributed by atoms with Crippen molar-refractivity contribution in [2.75, 3.05) is 45.9 Å². The highest BCUT2D eigenvalue weighted by Crippen LogP contribution is 2.37. The Kier molecular flexibility index (Phi) is 6.67. The van der Waals surface area contributed by atoms with E-state index in [0.29, 0.717) is 32.5 Å². The van der Waals surface area contributed by atoms with Crippen molar-refractivity contribution in [2.24, 2.45) is 5.92 Å². The molecule has 2 rings (SSSR count). The van der Waals surface area contributed by atoms with E-state index in [1.165, 1.54) is 0 Å². The van der Waals surface area contributed by atoms with Crippen molar-refractivity contribution in [3.05, 3.63) is 0 Å². The standard InChI is InChI=1S/C15H26F3N3O2/c16-15(17,18)12-3-1-2-4-13(12)19-14(23)11-21-7-5-20(6-8-21)9-10-22/h12-13,22H,1-11H2,(H,19,23)/t12-,13-/m1/s1. The van der Waals surface area contributed by atoms with E-state index in [0.717, 1.165) is 19.5 Å². The number of piperazine rings is 1. The van der Waals surface area contributed by atoms with Gasteiger partial charge >= 0.3 is 6.18 Å². The number of amides is 1. The molecule has 2 fully saturated rings. The normalized spacial score (nSPS) is 27.8. The molecule has 0 bridgehead atoms. The van der Waals surface area contributed by atoms with Gasteiger partial charge in [0.15, 0.2) is 0 Å². The van der Waals surface area contributed by atoms with Crippen molar-refractivity contribution in [2.45, 2.75) is 37.9 Å². The van der Waals surface area contributed by atoms with Crippen LogP contribution in [0.25, 0.3) is 0 Å². The molecule has 8 heteroatoms. The van der Waals surface area contributed by atoms with E-state index in [2.05, 4.69) is 10.2 Å². The summed E-state index contributed by atoms with van der Waals surface area (Å²) in [7, 11) is 0. The highest BCUT2D eigenvalue weighted by atomic mass is 19.4. The first kappa shape index (κ1) is 18.5. The SMILES string of the molecule is O=C(CN1CCN(CCO)CC1)N[C@@H]1CCCC[C@H]1C(F)(F)F. The molecule has 23 heavy (non-hydrogen) atoms. The lowest BCUT2D eigenvalue weighted by molar-refractivity contribution is -0.189. The fourth-order valence-electron chi connectivity index (χ4n) is 3.46. The van der Waals surface area contributed by atoms with E-state index in [1.807, 2.05) is 4.90 Å². The monoisotopic (exact) mass is 337 g/mol. The van der Waals surface area contributed by atoms with Crippen LogP contribution in [0, 0.1) is 5.92 Å². The fraction of sp³-hybridized carbons (Fsp3) is 0.933. The average Bonchev–Trinajstić information content (AvgIpc) is 2.49. The summed E-state index contributed by atoms with van der Waals surface area (Å²) in [6.45, 7) is 3.80. The minimum atomic E-state index is -4.24. The second-order valence-electron chi connectivity index (χ2n) is 6.45. The van der Waals surface area contributed by atoms with E-state index in [4.69, 9.17) is 5.11 Å². The van der Waals surface area contributed by atoms with Gasteiger partial charge in [0, 0.05) is 38.8 Å². The zero-order valence-corrected chi connectivity index (χ0v) is 13.3. The number of aliphatic hydroxyl groups is 1. The average molecular weight is 337 g/mol. The Morgan fingerprint density at radius 3 is 2.30 bits per heavy atom. The molecule has 0 aromatic carbocycles. The third-order valence-corrected chi connectivity index (χ3v) is 4.78. The first-order valence-corrected chi connectivity index (χ1v) is 8.32. The number of rotatable bonds is 5. The van der Waals surface area contributed by atoms with Crippen molar-refractivity contribution < 1.29 is 23.1 Å². The third kappa shape index (κ3) is 5.61. The second-order valence-corrected chi connectivity index (χ2v) is 6.45. The van der Waals surface area contributed by atoms with Crippen molar-refractivity contribution in [1.29, 1.82) is 0 Å². The van der Waals surface area contributed by atoms with E-state index in [-0.39, 0.29) is 25.5 Å². The summed E-state index contributed by atoms with van der Waals surface area (Å²) >= 11 is 0. The molecule has 0 radical (unpaired) electrons. The lowest BCUT2D eigenvalue weighted by Gasteiger charge is -2.36. The van der Waals surface area contributed by atoms with Gasteiger partial charge in [0.05, 0.1) is 19.1 Å². The van der Waals surface area contributed by atoms with Crippen molar-refractivity contribution in [3.63, 3.8) is 0 Å². The molecular weight excluding hydrogens is 311 g/mol. The van der Waals surface area contributed by atoms with Crippen LogP contribution in [0.15, 0.2) is 0 Å². The molecule has 1 aliphatic heterocycles. The Morgan fingerprint density at radius 2 is 1.70 bits per heavy atom. The summed E-state index contributed by atoms with van der Waals surface area (Å²) in [5.74, 6) is -1.73. The Balaban J connectivity index is 1.78. The molecule has 1 saturated heterocycles. The zero-order valence-electron chi connectivity index (χ0n) is 13.3. The van der Waals surface area contributed by atoms with Crippen molar-refractivity contribution in [1.82, 2.24) is 15.1 Å². The van der Waals surface area contributed by atoms with Crippen LogP contribution in [0.1, 0.15) is 25.7 Å². The molecule has 1 amide bonds. The maximum atomic E-state index is 13.0. The highest BCUT2D eigenvalue weighted by molar-refractivity contribution is 5.78. The minimum absolute atomic E-state index is 0.105. The summed E-state index contributed by atoms with van der Waals surface area (Å²) in [6, 6.07) is -0.785. The number of carbonyl (C=O) groups is 1. The number of nitrogens with one attached hydrogen (secondary N) is 1. The molecule has 5 nitrogen and oxygen atoms in total. The maximum Gasteiger partial charge on any atom is 0.393 e. The van der Waals surface area contributed by atoms with E-state index in [1.54, 1.807) is 0 Å². The lowest BCUT2D eigenvalue weighted by Crippen LogP contribution is -2.53. The molecule has 0 unspecified atom stereocenters. The van der Waals surface area contributed by atoms with Gasteiger partial charge in [-0.05, 0) is 12.8 Å². The molecular formula is C15H26F3N3O2. The summed E-state index contributed by atoms with van der Waals surface area (Å²) in [4.78, 5) is 16.1. The predicted octanol–water partition coefficient (Wildman–Crippen LogP) is 0.834. The molecule has 1 heterocycles. The van der Waals surface area contributed by atoms with Crippen LogP contribution in [-0.2, 0) is 4.79 Å². The van der Waals surface area contributed by atoms with Gasteiger partial charge in [0.2, 0.25) is 5.91 Å². The first-order valence-electron chi connectivity index (χ1n) is 8.32. The topological polar surface area (TPSA) is 55.8 Å². The Bertz CT molecular complexity index is 385. The number of hydrogen-bond acceptors (Lipinski definition) is 4. The quantitative estimate of drug-likeness (QED) is 0.780. The van der Waals surface area contributed by atoms with Crippen LogP contribution in [0.4, 0.5) is 13.2 Å². The summed E-state index contributed by atoms with van der Waals surface area (Å²) in [5, 5.41) is 11.5. The van der Waals surface area contributed by atoms with Crippen molar-refractivity contribution in [3.8, 4) is 0 Å².